The van der Waals surface area contributed by atoms with Crippen LogP contribution in [0.25, 0.3) is 10.8 Å². The van der Waals surface area contributed by atoms with Crippen LogP contribution in [-0.4, -0.2) is 42.2 Å². The molecule has 1 aromatic carbocycles. The Morgan fingerprint density at radius 1 is 1.12 bits per heavy atom. The second-order valence-corrected chi connectivity index (χ2v) is 6.55. The van der Waals surface area contributed by atoms with Crippen LogP contribution in [0.15, 0.2) is 23.1 Å². The zero-order chi connectivity index (χ0) is 18.1. The third-order valence-corrected chi connectivity index (χ3v) is 4.98. The first-order valence-corrected chi connectivity index (χ1v) is 8.54. The number of ether oxygens (including phenoxy) is 2. The van der Waals surface area contributed by atoms with Gasteiger partial charge in [-0.2, -0.15) is 0 Å². The fourth-order valence-electron chi connectivity index (χ4n) is 3.52. The highest BCUT2D eigenvalue weighted by Crippen LogP contribution is 2.33. The molecule has 2 heterocycles. The molecule has 0 N–H and O–H groups in total. The number of pyridine rings is 1. The molecular formula is C19H24N2O4. The third kappa shape index (κ3) is 2.97. The Bertz CT molecular complexity index is 872. The predicted molar refractivity (Wildman–Crippen MR) is 96.6 cm³/mol. The highest BCUT2D eigenvalue weighted by atomic mass is 16.5. The summed E-state index contributed by atoms with van der Waals surface area (Å²) in [6.07, 6.45) is 4.79. The van der Waals surface area contributed by atoms with Crippen molar-refractivity contribution in [1.82, 2.24) is 9.47 Å². The Kier molecular flexibility index (Phi) is 4.70. The summed E-state index contributed by atoms with van der Waals surface area (Å²) in [4.78, 5) is 27.6. The zero-order valence-electron chi connectivity index (χ0n) is 15.2. The number of aromatic nitrogens is 1. The van der Waals surface area contributed by atoms with Gasteiger partial charge in [-0.3, -0.25) is 9.59 Å². The van der Waals surface area contributed by atoms with Crippen LogP contribution in [0.3, 0.4) is 0 Å². The van der Waals surface area contributed by atoms with Crippen LogP contribution in [0.5, 0.6) is 11.5 Å². The average Bonchev–Trinajstić information content (AvgIpc) is 2.63. The molecule has 1 fully saturated rings. The van der Waals surface area contributed by atoms with E-state index in [0.29, 0.717) is 27.8 Å². The molecule has 6 heteroatoms. The molecule has 0 unspecified atom stereocenters. The molecule has 1 amide bonds. The first kappa shape index (κ1) is 17.3. The second-order valence-electron chi connectivity index (χ2n) is 6.55. The lowest BCUT2D eigenvalue weighted by atomic mass is 10.0. The normalized spacial score (nSPS) is 17.6. The summed E-state index contributed by atoms with van der Waals surface area (Å²) in [5.74, 6) is 0.937. The van der Waals surface area contributed by atoms with Crippen LogP contribution >= 0.6 is 0 Å². The maximum absolute atomic E-state index is 13.2. The molecule has 0 bridgehead atoms. The number of hydrogen-bond donors (Lipinski definition) is 0. The third-order valence-electron chi connectivity index (χ3n) is 4.98. The number of rotatable bonds is 3. The molecule has 0 aliphatic carbocycles. The minimum absolute atomic E-state index is 0.0416. The lowest BCUT2D eigenvalue weighted by Crippen LogP contribution is -2.42. The quantitative estimate of drug-likeness (QED) is 0.859. The van der Waals surface area contributed by atoms with Crippen LogP contribution in [-0.2, 0) is 7.05 Å². The average molecular weight is 344 g/mol. The van der Waals surface area contributed by atoms with Crippen molar-refractivity contribution in [3.05, 3.63) is 34.2 Å². The SMILES string of the molecule is COc1cc2c(C(=O)N3CCCC[C@H]3C)cn(C)c(=O)c2cc1OC. The van der Waals surface area contributed by atoms with Gasteiger partial charge in [0.2, 0.25) is 0 Å². The van der Waals surface area contributed by atoms with Gasteiger partial charge in [-0.25, -0.2) is 0 Å². The maximum atomic E-state index is 13.2. The van der Waals surface area contributed by atoms with Crippen LogP contribution < -0.4 is 15.0 Å². The number of methoxy groups -OCH3 is 2. The Hall–Kier alpha value is -2.50. The molecule has 134 valence electrons. The Balaban J connectivity index is 2.22. The summed E-state index contributed by atoms with van der Waals surface area (Å²) in [6.45, 7) is 2.82. The first-order valence-electron chi connectivity index (χ1n) is 8.54. The van der Waals surface area contributed by atoms with Crippen molar-refractivity contribution in [3.8, 4) is 11.5 Å². The van der Waals surface area contributed by atoms with Gasteiger partial charge in [-0.05, 0) is 38.3 Å². The summed E-state index contributed by atoms with van der Waals surface area (Å²) >= 11 is 0. The molecule has 1 atom stereocenters. The number of benzene rings is 1. The van der Waals surface area contributed by atoms with Crippen LogP contribution in [0.1, 0.15) is 36.5 Å². The monoisotopic (exact) mass is 344 g/mol. The maximum Gasteiger partial charge on any atom is 0.258 e. The topological polar surface area (TPSA) is 60.8 Å². The molecule has 0 spiro atoms. The molecule has 1 saturated heterocycles. The van der Waals surface area contributed by atoms with E-state index in [4.69, 9.17) is 9.47 Å². The zero-order valence-corrected chi connectivity index (χ0v) is 15.2. The van der Waals surface area contributed by atoms with Gasteiger partial charge in [0.05, 0.1) is 25.2 Å². The van der Waals surface area contributed by atoms with E-state index in [1.165, 1.54) is 11.7 Å². The summed E-state index contributed by atoms with van der Waals surface area (Å²) in [6, 6.07) is 3.57. The number of nitrogens with zero attached hydrogens (tertiary/aromatic N) is 2. The van der Waals surface area contributed by atoms with Crippen LogP contribution in [0.2, 0.25) is 0 Å². The smallest absolute Gasteiger partial charge is 0.258 e. The number of carbonyl (C=O) groups is 1. The molecule has 1 aliphatic rings. The number of likely N-dealkylation sites (tertiary alicyclic amines) is 1. The van der Waals surface area contributed by atoms with Gasteiger partial charge in [0.25, 0.3) is 11.5 Å². The van der Waals surface area contributed by atoms with Crippen molar-refractivity contribution in [3.63, 3.8) is 0 Å². The summed E-state index contributed by atoms with van der Waals surface area (Å²) < 4.78 is 12.1. The van der Waals surface area contributed by atoms with Gasteiger partial charge in [0.15, 0.2) is 11.5 Å². The van der Waals surface area contributed by atoms with E-state index in [0.717, 1.165) is 25.8 Å². The molecule has 25 heavy (non-hydrogen) atoms. The first-order chi connectivity index (χ1) is 12.0. The Morgan fingerprint density at radius 3 is 2.36 bits per heavy atom. The molecule has 0 radical (unpaired) electrons. The second kappa shape index (κ2) is 6.78. The standard InChI is InChI=1S/C19H24N2O4/c1-12-7-5-6-8-21(12)19(23)15-11-20(2)18(22)14-10-17(25-4)16(24-3)9-13(14)15/h9-12H,5-8H2,1-4H3/t12-/m1/s1. The van der Waals surface area contributed by atoms with Gasteiger partial charge in [-0.15, -0.1) is 0 Å². The number of piperidine rings is 1. The van der Waals surface area contributed by atoms with E-state index < -0.39 is 0 Å². The van der Waals surface area contributed by atoms with E-state index >= 15 is 0 Å². The highest BCUT2D eigenvalue weighted by Gasteiger charge is 2.27. The number of amides is 1. The number of fused-ring (bicyclic) bond motifs is 1. The lowest BCUT2D eigenvalue weighted by molar-refractivity contribution is 0.0637. The molecule has 3 rings (SSSR count). The lowest BCUT2D eigenvalue weighted by Gasteiger charge is -2.33. The predicted octanol–water partition coefficient (Wildman–Crippen LogP) is 2.57. The highest BCUT2D eigenvalue weighted by molar-refractivity contribution is 6.07. The number of hydrogen-bond acceptors (Lipinski definition) is 4. The van der Waals surface area contributed by atoms with Crippen molar-refractivity contribution < 1.29 is 14.3 Å². The van der Waals surface area contributed by atoms with Crippen molar-refractivity contribution in [2.45, 2.75) is 32.2 Å². The number of aryl methyl sites for hydroxylation is 1. The van der Waals surface area contributed by atoms with Gasteiger partial charge >= 0.3 is 0 Å². The fourth-order valence-corrected chi connectivity index (χ4v) is 3.52. The van der Waals surface area contributed by atoms with Crippen LogP contribution in [0, 0.1) is 0 Å². The van der Waals surface area contributed by atoms with Gasteiger partial charge in [-0.1, -0.05) is 0 Å². The van der Waals surface area contributed by atoms with E-state index in [2.05, 4.69) is 6.92 Å². The summed E-state index contributed by atoms with van der Waals surface area (Å²) in [7, 11) is 4.73. The molecule has 6 nitrogen and oxygen atoms in total. The van der Waals surface area contributed by atoms with E-state index in [9.17, 15) is 9.59 Å². The molecule has 0 saturated carbocycles. The largest absolute Gasteiger partial charge is 0.493 e. The minimum atomic E-state index is -0.167. The molecule has 2 aromatic rings. The minimum Gasteiger partial charge on any atom is -0.493 e. The van der Waals surface area contributed by atoms with Crippen molar-refractivity contribution >= 4 is 16.7 Å². The van der Waals surface area contributed by atoms with E-state index in [-0.39, 0.29) is 17.5 Å². The van der Waals surface area contributed by atoms with Crippen molar-refractivity contribution in [1.29, 1.82) is 0 Å². The van der Waals surface area contributed by atoms with Gasteiger partial charge < -0.3 is 18.9 Å². The molecule has 1 aliphatic heterocycles. The van der Waals surface area contributed by atoms with Crippen LogP contribution in [0.4, 0.5) is 0 Å². The van der Waals surface area contributed by atoms with Crippen molar-refractivity contribution in [2.75, 3.05) is 20.8 Å². The number of carbonyl (C=O) groups excluding carboxylic acids is 1. The fraction of sp³-hybridized carbons (Fsp3) is 0.474. The van der Waals surface area contributed by atoms with E-state index in [1.54, 1.807) is 32.5 Å². The summed E-state index contributed by atoms with van der Waals surface area (Å²) in [5.41, 5.74) is 0.353. The Labute approximate surface area is 146 Å². The van der Waals surface area contributed by atoms with Crippen molar-refractivity contribution in [2.24, 2.45) is 7.05 Å². The molecule has 1 aromatic heterocycles. The Morgan fingerprint density at radius 2 is 1.76 bits per heavy atom. The van der Waals surface area contributed by atoms with Gasteiger partial charge in [0.1, 0.15) is 0 Å². The van der Waals surface area contributed by atoms with E-state index in [1.807, 2.05) is 4.90 Å². The molecular weight excluding hydrogens is 320 g/mol. The summed E-state index contributed by atoms with van der Waals surface area (Å²) in [5, 5.41) is 1.05. The van der Waals surface area contributed by atoms with Gasteiger partial charge in [0, 0.05) is 31.2 Å².